The molecule has 0 saturated heterocycles. The van der Waals surface area contributed by atoms with Crippen LogP contribution in [-0.4, -0.2) is 20.9 Å². The molecule has 3 aromatic rings. The van der Waals surface area contributed by atoms with Gasteiger partial charge in [0.1, 0.15) is 6.54 Å². The van der Waals surface area contributed by atoms with Crippen molar-refractivity contribution < 1.29 is 13.2 Å². The monoisotopic (exact) mass is 472 g/mol. The second-order valence-electron chi connectivity index (χ2n) is 6.60. The highest BCUT2D eigenvalue weighted by atomic mass is 79.9. The van der Waals surface area contributed by atoms with Crippen LogP contribution in [0.25, 0.3) is 0 Å². The fraction of sp³-hybridized carbons (Fsp3) is 0.136. The summed E-state index contributed by atoms with van der Waals surface area (Å²) in [6.07, 6.45) is 0. The van der Waals surface area contributed by atoms with E-state index in [9.17, 15) is 13.2 Å². The van der Waals surface area contributed by atoms with Gasteiger partial charge in [0.2, 0.25) is 5.91 Å². The van der Waals surface area contributed by atoms with E-state index in [1.165, 1.54) is 12.1 Å². The van der Waals surface area contributed by atoms with Crippen LogP contribution < -0.4 is 9.62 Å². The standard InChI is InChI=1S/C22H21BrN2O3S/c1-16-8-6-13-21(17(16)2)24-22(26)15-25(19-10-7-9-18(23)14-19)29(27,28)20-11-4-3-5-12-20/h3-14H,15H2,1-2H3,(H,24,26). The molecule has 3 aromatic carbocycles. The summed E-state index contributed by atoms with van der Waals surface area (Å²) in [6, 6.07) is 20.6. The first-order chi connectivity index (χ1) is 13.8. The van der Waals surface area contributed by atoms with Gasteiger partial charge in [-0.3, -0.25) is 9.10 Å². The number of aryl methyl sites for hydroxylation is 1. The number of anilines is 2. The smallest absolute Gasteiger partial charge is 0.264 e. The number of carbonyl (C=O) groups is 1. The third kappa shape index (κ3) is 4.86. The van der Waals surface area contributed by atoms with Gasteiger partial charge in [0.25, 0.3) is 10.0 Å². The van der Waals surface area contributed by atoms with E-state index in [4.69, 9.17) is 0 Å². The van der Waals surface area contributed by atoms with Crippen molar-refractivity contribution in [3.8, 4) is 0 Å². The van der Waals surface area contributed by atoms with E-state index in [1.54, 1.807) is 48.5 Å². The molecule has 5 nitrogen and oxygen atoms in total. The zero-order chi connectivity index (χ0) is 21.0. The first kappa shape index (κ1) is 21.1. The predicted octanol–water partition coefficient (Wildman–Crippen LogP) is 4.90. The Kier molecular flexibility index (Phi) is 6.39. The van der Waals surface area contributed by atoms with Crippen molar-refractivity contribution in [2.45, 2.75) is 18.7 Å². The van der Waals surface area contributed by atoms with Gasteiger partial charge in [-0.05, 0) is 61.4 Å². The number of amides is 1. The van der Waals surface area contributed by atoms with Crippen molar-refractivity contribution in [3.05, 3.63) is 88.4 Å². The van der Waals surface area contributed by atoms with Crippen LogP contribution in [0.3, 0.4) is 0 Å². The topological polar surface area (TPSA) is 66.5 Å². The van der Waals surface area contributed by atoms with Crippen LogP contribution >= 0.6 is 15.9 Å². The number of nitrogens with zero attached hydrogens (tertiary/aromatic N) is 1. The minimum Gasteiger partial charge on any atom is -0.324 e. The third-order valence-electron chi connectivity index (χ3n) is 4.59. The van der Waals surface area contributed by atoms with Crippen LogP contribution in [0.4, 0.5) is 11.4 Å². The van der Waals surface area contributed by atoms with Gasteiger partial charge >= 0.3 is 0 Å². The Labute approximate surface area is 179 Å². The summed E-state index contributed by atoms with van der Waals surface area (Å²) in [5.41, 5.74) is 3.06. The van der Waals surface area contributed by atoms with Gasteiger partial charge in [-0.2, -0.15) is 0 Å². The average Bonchev–Trinajstić information content (AvgIpc) is 2.70. The molecule has 0 aliphatic carbocycles. The van der Waals surface area contributed by atoms with E-state index in [2.05, 4.69) is 21.2 Å². The zero-order valence-electron chi connectivity index (χ0n) is 16.1. The maximum absolute atomic E-state index is 13.3. The van der Waals surface area contributed by atoms with Crippen LogP contribution in [0.15, 0.2) is 82.2 Å². The molecule has 1 N–H and O–H groups in total. The van der Waals surface area contributed by atoms with Crippen molar-refractivity contribution >= 4 is 43.2 Å². The lowest BCUT2D eigenvalue weighted by Crippen LogP contribution is -2.38. The van der Waals surface area contributed by atoms with Gasteiger partial charge in [-0.1, -0.05) is 52.3 Å². The van der Waals surface area contributed by atoms with Gasteiger partial charge < -0.3 is 5.32 Å². The Balaban J connectivity index is 1.96. The molecular weight excluding hydrogens is 452 g/mol. The first-order valence-electron chi connectivity index (χ1n) is 8.98. The number of carbonyl (C=O) groups excluding carboxylic acids is 1. The van der Waals surface area contributed by atoms with Gasteiger partial charge in [0.15, 0.2) is 0 Å². The second kappa shape index (κ2) is 8.80. The maximum Gasteiger partial charge on any atom is 0.264 e. The second-order valence-corrected chi connectivity index (χ2v) is 9.38. The van der Waals surface area contributed by atoms with E-state index in [-0.39, 0.29) is 11.4 Å². The number of hydrogen-bond acceptors (Lipinski definition) is 3. The molecular formula is C22H21BrN2O3S. The number of benzene rings is 3. The van der Waals surface area contributed by atoms with Crippen LogP contribution in [0.2, 0.25) is 0 Å². The molecule has 0 unspecified atom stereocenters. The summed E-state index contributed by atoms with van der Waals surface area (Å²) < 4.78 is 28.4. The molecule has 1 amide bonds. The predicted molar refractivity (Wildman–Crippen MR) is 120 cm³/mol. The lowest BCUT2D eigenvalue weighted by molar-refractivity contribution is -0.114. The molecule has 0 saturated carbocycles. The normalized spacial score (nSPS) is 11.1. The van der Waals surface area contributed by atoms with Gasteiger partial charge in [0.05, 0.1) is 10.6 Å². The molecule has 0 bridgehead atoms. The molecule has 150 valence electrons. The van der Waals surface area contributed by atoms with Gasteiger partial charge in [0, 0.05) is 10.2 Å². The highest BCUT2D eigenvalue weighted by Gasteiger charge is 2.27. The Morgan fingerprint density at radius 1 is 0.966 bits per heavy atom. The molecule has 3 rings (SSSR count). The summed E-state index contributed by atoms with van der Waals surface area (Å²) in [6.45, 7) is 3.53. The minimum atomic E-state index is -3.92. The molecule has 29 heavy (non-hydrogen) atoms. The fourth-order valence-corrected chi connectivity index (χ4v) is 4.69. The van der Waals surface area contributed by atoms with Gasteiger partial charge in [-0.15, -0.1) is 0 Å². The largest absolute Gasteiger partial charge is 0.324 e. The highest BCUT2D eigenvalue weighted by Crippen LogP contribution is 2.26. The fourth-order valence-electron chi connectivity index (χ4n) is 2.87. The van der Waals surface area contributed by atoms with Crippen molar-refractivity contribution in [3.63, 3.8) is 0 Å². The molecule has 0 aliphatic rings. The number of halogens is 1. The number of nitrogens with one attached hydrogen (secondary N) is 1. The van der Waals surface area contributed by atoms with Crippen LogP contribution in [0, 0.1) is 13.8 Å². The highest BCUT2D eigenvalue weighted by molar-refractivity contribution is 9.10. The molecule has 0 aromatic heterocycles. The van der Waals surface area contributed by atoms with Crippen molar-refractivity contribution in [1.82, 2.24) is 0 Å². The lowest BCUT2D eigenvalue weighted by atomic mass is 10.1. The Morgan fingerprint density at radius 3 is 2.34 bits per heavy atom. The minimum absolute atomic E-state index is 0.125. The Bertz CT molecular complexity index is 1130. The zero-order valence-corrected chi connectivity index (χ0v) is 18.5. The molecule has 0 heterocycles. The number of rotatable bonds is 6. The summed E-state index contributed by atoms with van der Waals surface area (Å²) in [4.78, 5) is 12.9. The number of sulfonamides is 1. The molecule has 0 radical (unpaired) electrons. The third-order valence-corrected chi connectivity index (χ3v) is 6.87. The first-order valence-corrected chi connectivity index (χ1v) is 11.2. The summed E-state index contributed by atoms with van der Waals surface area (Å²) in [5.74, 6) is -0.418. The molecule has 0 aliphatic heterocycles. The summed E-state index contributed by atoms with van der Waals surface area (Å²) >= 11 is 3.37. The molecule has 0 spiro atoms. The molecule has 0 atom stereocenters. The molecule has 0 fully saturated rings. The quantitative estimate of drug-likeness (QED) is 0.554. The SMILES string of the molecule is Cc1cccc(NC(=O)CN(c2cccc(Br)c2)S(=O)(=O)c2ccccc2)c1C. The van der Waals surface area contributed by atoms with Crippen LogP contribution in [0.5, 0.6) is 0 Å². The van der Waals surface area contributed by atoms with Crippen molar-refractivity contribution in [2.75, 3.05) is 16.2 Å². The van der Waals surface area contributed by atoms with Crippen LogP contribution in [0.1, 0.15) is 11.1 Å². The lowest BCUT2D eigenvalue weighted by Gasteiger charge is -2.24. The summed E-state index contributed by atoms with van der Waals surface area (Å²) in [7, 11) is -3.92. The van der Waals surface area contributed by atoms with Crippen molar-refractivity contribution in [1.29, 1.82) is 0 Å². The van der Waals surface area contributed by atoms with E-state index in [1.807, 2.05) is 26.0 Å². The average molecular weight is 473 g/mol. The van der Waals surface area contributed by atoms with E-state index >= 15 is 0 Å². The summed E-state index contributed by atoms with van der Waals surface area (Å²) in [5, 5.41) is 2.83. The maximum atomic E-state index is 13.3. The molecule has 7 heteroatoms. The van der Waals surface area contributed by atoms with E-state index < -0.39 is 15.9 Å². The van der Waals surface area contributed by atoms with Gasteiger partial charge in [-0.25, -0.2) is 8.42 Å². The van der Waals surface area contributed by atoms with E-state index in [0.717, 1.165) is 19.9 Å². The Hall–Kier alpha value is -2.64. The van der Waals surface area contributed by atoms with Crippen LogP contribution in [-0.2, 0) is 14.8 Å². The van der Waals surface area contributed by atoms with Crippen molar-refractivity contribution in [2.24, 2.45) is 0 Å². The number of hydrogen-bond donors (Lipinski definition) is 1. The van der Waals surface area contributed by atoms with E-state index in [0.29, 0.717) is 11.4 Å². The Morgan fingerprint density at radius 2 is 1.66 bits per heavy atom.